The van der Waals surface area contributed by atoms with Crippen LogP contribution in [0.1, 0.15) is 5.56 Å². The van der Waals surface area contributed by atoms with Crippen molar-refractivity contribution < 1.29 is 9.53 Å². The number of carbonyl (C=O) groups excluding carboxylic acids is 1. The van der Waals surface area contributed by atoms with Crippen molar-refractivity contribution in [1.82, 2.24) is 15.4 Å². The Hall–Kier alpha value is -2.89. The SMILES string of the molecule is O=C(Nc1ccc2n[nH]nc2c1)C1COc2ccccc2C1. The summed E-state index contributed by atoms with van der Waals surface area (Å²) < 4.78 is 5.66. The van der Waals surface area contributed by atoms with Gasteiger partial charge >= 0.3 is 0 Å². The van der Waals surface area contributed by atoms with Crippen LogP contribution in [0.5, 0.6) is 5.75 Å². The van der Waals surface area contributed by atoms with Gasteiger partial charge in [0.1, 0.15) is 23.4 Å². The van der Waals surface area contributed by atoms with Crippen molar-refractivity contribution in [2.75, 3.05) is 11.9 Å². The molecule has 2 aromatic carbocycles. The van der Waals surface area contributed by atoms with E-state index in [2.05, 4.69) is 20.7 Å². The lowest BCUT2D eigenvalue weighted by Crippen LogP contribution is -2.32. The highest BCUT2D eigenvalue weighted by Crippen LogP contribution is 2.27. The van der Waals surface area contributed by atoms with Crippen molar-refractivity contribution in [3.05, 3.63) is 48.0 Å². The lowest BCUT2D eigenvalue weighted by atomic mass is 9.96. The van der Waals surface area contributed by atoms with E-state index < -0.39 is 0 Å². The maximum atomic E-state index is 12.4. The molecule has 4 rings (SSSR count). The summed E-state index contributed by atoms with van der Waals surface area (Å²) in [4.78, 5) is 12.4. The molecule has 110 valence electrons. The highest BCUT2D eigenvalue weighted by molar-refractivity contribution is 5.94. The smallest absolute Gasteiger partial charge is 0.231 e. The Morgan fingerprint density at radius 2 is 2.05 bits per heavy atom. The van der Waals surface area contributed by atoms with E-state index in [0.717, 1.165) is 22.3 Å². The third kappa shape index (κ3) is 2.28. The number of anilines is 1. The van der Waals surface area contributed by atoms with Crippen molar-refractivity contribution in [2.45, 2.75) is 6.42 Å². The molecular weight excluding hydrogens is 280 g/mol. The summed E-state index contributed by atoms with van der Waals surface area (Å²) in [6.45, 7) is 0.398. The van der Waals surface area contributed by atoms with Crippen LogP contribution < -0.4 is 10.1 Å². The predicted octanol–water partition coefficient (Wildman–Crippen LogP) is 2.15. The fraction of sp³-hybridized carbons (Fsp3) is 0.188. The van der Waals surface area contributed by atoms with Crippen LogP contribution in [-0.2, 0) is 11.2 Å². The molecule has 22 heavy (non-hydrogen) atoms. The molecule has 0 saturated carbocycles. The van der Waals surface area contributed by atoms with E-state index in [1.807, 2.05) is 36.4 Å². The van der Waals surface area contributed by atoms with Gasteiger partial charge in [0.25, 0.3) is 0 Å². The second-order valence-corrected chi connectivity index (χ2v) is 5.34. The molecule has 2 N–H and O–H groups in total. The minimum absolute atomic E-state index is 0.0441. The molecule has 1 aromatic heterocycles. The third-order valence-corrected chi connectivity index (χ3v) is 3.83. The van der Waals surface area contributed by atoms with Crippen LogP contribution in [0.3, 0.4) is 0 Å². The summed E-state index contributed by atoms with van der Waals surface area (Å²) in [5.41, 5.74) is 3.28. The van der Waals surface area contributed by atoms with Gasteiger partial charge in [-0.15, -0.1) is 0 Å². The van der Waals surface area contributed by atoms with Gasteiger partial charge in [0.05, 0.1) is 5.92 Å². The summed E-state index contributed by atoms with van der Waals surface area (Å²) in [6.07, 6.45) is 0.689. The zero-order valence-electron chi connectivity index (χ0n) is 11.7. The molecule has 0 radical (unpaired) electrons. The molecule has 1 aliphatic heterocycles. The number of ether oxygens (including phenoxy) is 1. The quantitative estimate of drug-likeness (QED) is 0.759. The second-order valence-electron chi connectivity index (χ2n) is 5.34. The van der Waals surface area contributed by atoms with Crippen LogP contribution in [0.15, 0.2) is 42.5 Å². The lowest BCUT2D eigenvalue weighted by molar-refractivity contribution is -0.121. The fourth-order valence-corrected chi connectivity index (χ4v) is 2.66. The summed E-state index contributed by atoms with van der Waals surface area (Å²) in [7, 11) is 0. The number of nitrogens with zero attached hydrogens (tertiary/aromatic N) is 2. The van der Waals surface area contributed by atoms with Crippen LogP contribution in [0.25, 0.3) is 11.0 Å². The van der Waals surface area contributed by atoms with Gasteiger partial charge in [-0.1, -0.05) is 18.2 Å². The zero-order valence-corrected chi connectivity index (χ0v) is 11.7. The van der Waals surface area contributed by atoms with E-state index in [-0.39, 0.29) is 11.8 Å². The standard InChI is InChI=1S/C16H14N4O2/c21-16(11-7-10-3-1-2-4-15(10)22-9-11)17-12-5-6-13-14(8-12)19-20-18-13/h1-6,8,11H,7,9H2,(H,17,21)(H,18,19,20). The second kappa shape index (κ2) is 5.14. The van der Waals surface area contributed by atoms with E-state index in [9.17, 15) is 4.79 Å². The fourth-order valence-electron chi connectivity index (χ4n) is 2.66. The Labute approximate surface area is 126 Å². The van der Waals surface area contributed by atoms with Gasteiger partial charge in [0, 0.05) is 5.69 Å². The van der Waals surface area contributed by atoms with Crippen LogP contribution in [0, 0.1) is 5.92 Å². The number of benzene rings is 2. The number of hydrogen-bond acceptors (Lipinski definition) is 4. The first kappa shape index (κ1) is 12.8. The molecule has 2 heterocycles. The van der Waals surface area contributed by atoms with Gasteiger partial charge < -0.3 is 10.1 Å². The van der Waals surface area contributed by atoms with Crippen LogP contribution in [0.4, 0.5) is 5.69 Å². The molecule has 1 amide bonds. The molecular formula is C16H14N4O2. The van der Waals surface area contributed by atoms with Gasteiger partial charge in [-0.2, -0.15) is 15.4 Å². The Morgan fingerprint density at radius 3 is 3.00 bits per heavy atom. The molecule has 0 fully saturated rings. The monoisotopic (exact) mass is 294 g/mol. The van der Waals surface area contributed by atoms with E-state index in [0.29, 0.717) is 18.7 Å². The number of aromatic amines is 1. The Bertz CT molecular complexity index is 843. The topological polar surface area (TPSA) is 79.9 Å². The molecule has 3 aromatic rings. The van der Waals surface area contributed by atoms with E-state index >= 15 is 0 Å². The average Bonchev–Trinajstić information content (AvgIpc) is 3.02. The molecule has 6 heteroatoms. The van der Waals surface area contributed by atoms with Gasteiger partial charge in [-0.3, -0.25) is 4.79 Å². The minimum Gasteiger partial charge on any atom is -0.492 e. The number of hydrogen-bond donors (Lipinski definition) is 2. The number of para-hydroxylation sites is 1. The van der Waals surface area contributed by atoms with Crippen LogP contribution in [0.2, 0.25) is 0 Å². The van der Waals surface area contributed by atoms with E-state index in [1.54, 1.807) is 6.07 Å². The van der Waals surface area contributed by atoms with Crippen LogP contribution in [-0.4, -0.2) is 27.9 Å². The normalized spacial score (nSPS) is 16.8. The summed E-state index contributed by atoms with van der Waals surface area (Å²) in [5.74, 6) is 0.635. The van der Waals surface area contributed by atoms with Crippen molar-refractivity contribution in [2.24, 2.45) is 5.92 Å². The highest BCUT2D eigenvalue weighted by atomic mass is 16.5. The first-order valence-corrected chi connectivity index (χ1v) is 7.12. The molecule has 0 saturated heterocycles. The number of amides is 1. The van der Waals surface area contributed by atoms with Crippen molar-refractivity contribution in [3.63, 3.8) is 0 Å². The Kier molecular flexibility index (Phi) is 3.00. The Balaban J connectivity index is 1.50. The number of rotatable bonds is 2. The molecule has 6 nitrogen and oxygen atoms in total. The number of nitrogens with one attached hydrogen (secondary N) is 2. The molecule has 1 aliphatic rings. The maximum absolute atomic E-state index is 12.4. The van der Waals surface area contributed by atoms with Gasteiger partial charge in [0.15, 0.2) is 0 Å². The molecule has 1 unspecified atom stereocenters. The van der Waals surface area contributed by atoms with E-state index in [4.69, 9.17) is 4.74 Å². The minimum atomic E-state index is -0.192. The number of aromatic nitrogens is 3. The lowest BCUT2D eigenvalue weighted by Gasteiger charge is -2.24. The van der Waals surface area contributed by atoms with Gasteiger partial charge in [-0.05, 0) is 36.2 Å². The van der Waals surface area contributed by atoms with E-state index in [1.165, 1.54) is 0 Å². The maximum Gasteiger partial charge on any atom is 0.231 e. The van der Waals surface area contributed by atoms with Crippen molar-refractivity contribution in [1.29, 1.82) is 0 Å². The Morgan fingerprint density at radius 1 is 1.18 bits per heavy atom. The summed E-state index contributed by atoms with van der Waals surface area (Å²) in [6, 6.07) is 13.3. The summed E-state index contributed by atoms with van der Waals surface area (Å²) >= 11 is 0. The van der Waals surface area contributed by atoms with Crippen molar-refractivity contribution in [3.8, 4) is 5.75 Å². The third-order valence-electron chi connectivity index (χ3n) is 3.83. The number of H-pyrrole nitrogens is 1. The zero-order chi connectivity index (χ0) is 14.9. The molecule has 0 aliphatic carbocycles. The average molecular weight is 294 g/mol. The van der Waals surface area contributed by atoms with Crippen molar-refractivity contribution >= 4 is 22.6 Å². The molecule has 0 spiro atoms. The molecule has 0 bridgehead atoms. The van der Waals surface area contributed by atoms with Crippen LogP contribution >= 0.6 is 0 Å². The predicted molar refractivity (Wildman–Crippen MR) is 81.6 cm³/mol. The number of carbonyl (C=O) groups is 1. The van der Waals surface area contributed by atoms with Gasteiger partial charge in [-0.25, -0.2) is 0 Å². The summed E-state index contributed by atoms with van der Waals surface area (Å²) in [5, 5.41) is 13.5. The largest absolute Gasteiger partial charge is 0.492 e. The number of fused-ring (bicyclic) bond motifs is 2. The van der Waals surface area contributed by atoms with Gasteiger partial charge in [0.2, 0.25) is 5.91 Å². The molecule has 1 atom stereocenters. The first-order valence-electron chi connectivity index (χ1n) is 7.12. The first-order chi connectivity index (χ1) is 10.8. The highest BCUT2D eigenvalue weighted by Gasteiger charge is 2.25.